The zero-order chi connectivity index (χ0) is 24.3. The van der Waals surface area contributed by atoms with Crippen LogP contribution in [-0.4, -0.2) is 66.2 Å². The first kappa shape index (κ1) is 23.7. The second-order valence-electron chi connectivity index (χ2n) is 9.87. The quantitative estimate of drug-likeness (QED) is 0.585. The largest absolute Gasteiger partial charge is 0.486 e. The van der Waals surface area contributed by atoms with Gasteiger partial charge >= 0.3 is 6.03 Å². The van der Waals surface area contributed by atoms with Gasteiger partial charge in [0, 0.05) is 0 Å². The molecule has 0 bridgehead atoms. The van der Waals surface area contributed by atoms with Crippen LogP contribution in [0.25, 0.3) is 0 Å². The van der Waals surface area contributed by atoms with Crippen molar-refractivity contribution in [2.24, 2.45) is 5.92 Å². The Morgan fingerprint density at radius 3 is 2.46 bits per heavy atom. The van der Waals surface area contributed by atoms with Gasteiger partial charge in [-0.15, -0.1) is 0 Å². The maximum absolute atomic E-state index is 13.6. The number of nitrogens with one attached hydrogen (secondary N) is 1. The van der Waals surface area contributed by atoms with E-state index in [4.69, 9.17) is 9.47 Å². The molecular weight excluding hydrogens is 442 g/mol. The van der Waals surface area contributed by atoms with Gasteiger partial charge in [0.05, 0.1) is 6.54 Å². The Morgan fingerprint density at radius 2 is 1.71 bits per heavy atom. The predicted molar refractivity (Wildman–Crippen MR) is 134 cm³/mol. The van der Waals surface area contributed by atoms with Crippen molar-refractivity contribution >= 4 is 11.9 Å². The van der Waals surface area contributed by atoms with Gasteiger partial charge in [-0.1, -0.05) is 49.4 Å². The Hall–Kier alpha value is -3.06. The smallest absolute Gasteiger partial charge is 0.325 e. The Balaban J connectivity index is 1.16. The lowest BCUT2D eigenvalue weighted by molar-refractivity contribution is -0.135. The number of amides is 3. The molecule has 2 unspecified atom stereocenters. The van der Waals surface area contributed by atoms with Gasteiger partial charge in [0.15, 0.2) is 17.6 Å². The summed E-state index contributed by atoms with van der Waals surface area (Å²) in [5.74, 6) is 1.37. The molecular formula is C28H35N3O4. The lowest BCUT2D eigenvalue weighted by Crippen LogP contribution is -2.56. The molecule has 0 spiro atoms. The highest BCUT2D eigenvalue weighted by Crippen LogP contribution is 2.37. The standard InChI is InChI=1S/C28H35N3O4/c1-2-28(22-14-17-30(18-15-22)16-8-11-21-9-4-3-5-10-21)26(32)31(27(33)29-28)19-23-20-34-24-12-6-7-13-25(24)35-23/h3-7,9-10,12-13,22-23H,2,8,11,14-20H2,1H3,(H,29,33). The minimum atomic E-state index is -0.819. The number of likely N-dealkylation sites (tertiary alicyclic amines) is 1. The second kappa shape index (κ2) is 10.3. The van der Waals surface area contributed by atoms with E-state index < -0.39 is 5.54 Å². The summed E-state index contributed by atoms with van der Waals surface area (Å²) in [6.45, 7) is 5.49. The topological polar surface area (TPSA) is 71.1 Å². The first-order valence-corrected chi connectivity index (χ1v) is 12.9. The van der Waals surface area contributed by atoms with Crippen LogP contribution in [0.15, 0.2) is 54.6 Å². The van der Waals surface area contributed by atoms with E-state index in [1.165, 1.54) is 10.5 Å². The van der Waals surface area contributed by atoms with E-state index in [0.29, 0.717) is 24.5 Å². The van der Waals surface area contributed by atoms with Crippen molar-refractivity contribution in [2.75, 3.05) is 32.8 Å². The maximum atomic E-state index is 13.6. The Morgan fingerprint density at radius 1 is 1.00 bits per heavy atom. The van der Waals surface area contributed by atoms with Crippen molar-refractivity contribution in [3.63, 3.8) is 0 Å². The zero-order valence-corrected chi connectivity index (χ0v) is 20.4. The molecule has 3 aliphatic heterocycles. The number of ether oxygens (including phenoxy) is 2. The minimum absolute atomic E-state index is 0.116. The number of benzene rings is 2. The van der Waals surface area contributed by atoms with E-state index in [2.05, 4.69) is 40.5 Å². The lowest BCUT2D eigenvalue weighted by Gasteiger charge is -2.40. The van der Waals surface area contributed by atoms with E-state index in [0.717, 1.165) is 45.3 Å². The predicted octanol–water partition coefficient (Wildman–Crippen LogP) is 3.87. The molecule has 2 fully saturated rings. The fourth-order valence-corrected chi connectivity index (χ4v) is 5.77. The number of carbonyl (C=O) groups excluding carboxylic acids is 2. The van der Waals surface area contributed by atoms with Crippen LogP contribution in [-0.2, 0) is 11.2 Å². The molecule has 0 saturated carbocycles. The van der Waals surface area contributed by atoms with Crippen LogP contribution < -0.4 is 14.8 Å². The molecule has 0 radical (unpaired) electrons. The first-order valence-electron chi connectivity index (χ1n) is 12.9. The van der Waals surface area contributed by atoms with Crippen LogP contribution in [0.5, 0.6) is 11.5 Å². The van der Waals surface area contributed by atoms with E-state index in [9.17, 15) is 9.59 Å². The number of hydrogen-bond donors (Lipinski definition) is 1. The number of nitrogens with zero attached hydrogens (tertiary/aromatic N) is 2. The van der Waals surface area contributed by atoms with E-state index in [-0.39, 0.29) is 30.5 Å². The molecule has 186 valence electrons. The third-order valence-corrected chi connectivity index (χ3v) is 7.78. The Labute approximate surface area is 207 Å². The minimum Gasteiger partial charge on any atom is -0.486 e. The molecule has 7 nitrogen and oxygen atoms in total. The molecule has 3 heterocycles. The highest BCUT2D eigenvalue weighted by molar-refractivity contribution is 6.07. The Bertz CT molecular complexity index is 1040. The number of rotatable bonds is 8. The summed E-state index contributed by atoms with van der Waals surface area (Å²) in [6.07, 6.45) is 4.26. The highest BCUT2D eigenvalue weighted by Gasteiger charge is 2.55. The molecule has 7 heteroatoms. The summed E-state index contributed by atoms with van der Waals surface area (Å²) in [6, 6.07) is 17.8. The number of fused-ring (bicyclic) bond motifs is 1. The summed E-state index contributed by atoms with van der Waals surface area (Å²) in [7, 11) is 0. The third-order valence-electron chi connectivity index (χ3n) is 7.78. The van der Waals surface area contributed by atoms with Gasteiger partial charge in [0.2, 0.25) is 0 Å². The normalized spacial score (nSPS) is 25.1. The molecule has 2 aromatic carbocycles. The lowest BCUT2D eigenvalue weighted by atomic mass is 9.75. The van der Waals surface area contributed by atoms with Gasteiger partial charge in [-0.2, -0.15) is 0 Å². The zero-order valence-electron chi connectivity index (χ0n) is 20.4. The second-order valence-corrected chi connectivity index (χ2v) is 9.87. The SMILES string of the molecule is CCC1(C2CCN(CCCc3ccccc3)CC2)NC(=O)N(CC2COc3ccccc3O2)C1=O. The number of piperidine rings is 1. The summed E-state index contributed by atoms with van der Waals surface area (Å²) < 4.78 is 11.8. The molecule has 1 N–H and O–H groups in total. The fraction of sp³-hybridized carbons (Fsp3) is 0.500. The van der Waals surface area contributed by atoms with Crippen LogP contribution in [0.4, 0.5) is 4.79 Å². The fourth-order valence-electron chi connectivity index (χ4n) is 5.77. The number of aryl methyl sites for hydroxylation is 1. The number of hydrogen-bond acceptors (Lipinski definition) is 5. The molecule has 2 saturated heterocycles. The summed E-state index contributed by atoms with van der Waals surface area (Å²) in [4.78, 5) is 30.4. The average molecular weight is 478 g/mol. The van der Waals surface area contributed by atoms with Gasteiger partial charge in [0.1, 0.15) is 12.1 Å². The molecule has 2 atom stereocenters. The highest BCUT2D eigenvalue weighted by atomic mass is 16.6. The van der Waals surface area contributed by atoms with Crippen molar-refractivity contribution in [1.82, 2.24) is 15.1 Å². The summed E-state index contributed by atoms with van der Waals surface area (Å²) in [5, 5.41) is 3.10. The van der Waals surface area contributed by atoms with Gasteiger partial charge < -0.3 is 19.7 Å². The van der Waals surface area contributed by atoms with Crippen molar-refractivity contribution < 1.29 is 19.1 Å². The first-order chi connectivity index (χ1) is 17.1. The van der Waals surface area contributed by atoms with E-state index in [1.54, 1.807) is 0 Å². The number of para-hydroxylation sites is 2. The Kier molecular flexibility index (Phi) is 6.95. The molecule has 0 aromatic heterocycles. The molecule has 3 aliphatic rings. The molecule has 3 amide bonds. The third kappa shape index (κ3) is 4.87. The van der Waals surface area contributed by atoms with Gasteiger partial charge in [-0.05, 0) is 75.4 Å². The molecule has 2 aromatic rings. The number of carbonyl (C=O) groups is 2. The van der Waals surface area contributed by atoms with E-state index >= 15 is 0 Å². The number of imide groups is 1. The van der Waals surface area contributed by atoms with Crippen LogP contribution >= 0.6 is 0 Å². The number of urea groups is 1. The van der Waals surface area contributed by atoms with Crippen LogP contribution in [0.1, 0.15) is 38.2 Å². The maximum Gasteiger partial charge on any atom is 0.325 e. The van der Waals surface area contributed by atoms with Gasteiger partial charge in [-0.3, -0.25) is 9.69 Å². The molecule has 5 rings (SSSR count). The average Bonchev–Trinajstić information content (AvgIpc) is 3.15. The summed E-state index contributed by atoms with van der Waals surface area (Å²) in [5.41, 5.74) is 0.559. The van der Waals surface area contributed by atoms with Gasteiger partial charge in [-0.25, -0.2) is 4.79 Å². The van der Waals surface area contributed by atoms with Crippen molar-refractivity contribution in [3.8, 4) is 11.5 Å². The van der Waals surface area contributed by atoms with Crippen molar-refractivity contribution in [2.45, 2.75) is 50.7 Å². The van der Waals surface area contributed by atoms with Crippen LogP contribution in [0.3, 0.4) is 0 Å². The summed E-state index contributed by atoms with van der Waals surface area (Å²) >= 11 is 0. The van der Waals surface area contributed by atoms with Crippen molar-refractivity contribution in [3.05, 3.63) is 60.2 Å². The van der Waals surface area contributed by atoms with E-state index in [1.807, 2.05) is 31.2 Å². The molecule has 0 aliphatic carbocycles. The van der Waals surface area contributed by atoms with Gasteiger partial charge in [0.25, 0.3) is 5.91 Å². The van der Waals surface area contributed by atoms with Crippen LogP contribution in [0.2, 0.25) is 0 Å². The molecule has 35 heavy (non-hydrogen) atoms. The van der Waals surface area contributed by atoms with Crippen LogP contribution in [0, 0.1) is 5.92 Å². The van der Waals surface area contributed by atoms with Crippen molar-refractivity contribution in [1.29, 1.82) is 0 Å². The monoisotopic (exact) mass is 477 g/mol.